The molecular formula is C16H24N2O3S. The number of anilines is 1. The fourth-order valence-electron chi connectivity index (χ4n) is 2.62. The van der Waals surface area contributed by atoms with Crippen molar-refractivity contribution in [3.63, 3.8) is 0 Å². The lowest BCUT2D eigenvalue weighted by Gasteiger charge is -2.21. The molecule has 0 aromatic heterocycles. The summed E-state index contributed by atoms with van der Waals surface area (Å²) in [7, 11) is -1.74. The fraction of sp³-hybridized carbons (Fsp3) is 0.562. The van der Waals surface area contributed by atoms with Crippen LogP contribution in [0.5, 0.6) is 0 Å². The molecule has 1 fully saturated rings. The molecule has 22 heavy (non-hydrogen) atoms. The average Bonchev–Trinajstić information content (AvgIpc) is 2.83. The maximum Gasteiger partial charge on any atom is 0.253 e. The lowest BCUT2D eigenvalue weighted by molar-refractivity contribution is 0.0761. The highest BCUT2D eigenvalue weighted by molar-refractivity contribution is 7.92. The van der Waals surface area contributed by atoms with E-state index in [1.807, 2.05) is 4.90 Å². The molecule has 0 unspecified atom stereocenters. The van der Waals surface area contributed by atoms with Gasteiger partial charge in [0.2, 0.25) is 10.0 Å². The largest absolute Gasteiger partial charge is 0.339 e. The highest BCUT2D eigenvalue weighted by atomic mass is 32.2. The SMILES string of the molecule is CCS(=O)(=O)N(C)c1ccc(C(=O)N2CCCCCC2)cc1. The van der Waals surface area contributed by atoms with E-state index in [1.165, 1.54) is 24.2 Å². The van der Waals surface area contributed by atoms with Crippen LogP contribution in [0.1, 0.15) is 43.0 Å². The van der Waals surface area contributed by atoms with Gasteiger partial charge >= 0.3 is 0 Å². The van der Waals surface area contributed by atoms with E-state index in [2.05, 4.69) is 0 Å². The van der Waals surface area contributed by atoms with Crippen LogP contribution in [-0.2, 0) is 10.0 Å². The zero-order valence-electron chi connectivity index (χ0n) is 13.3. The molecule has 1 aromatic rings. The Labute approximate surface area is 133 Å². The molecule has 0 N–H and O–H groups in total. The molecule has 0 atom stereocenters. The van der Waals surface area contributed by atoms with Gasteiger partial charge in [0.05, 0.1) is 11.4 Å². The summed E-state index contributed by atoms with van der Waals surface area (Å²) >= 11 is 0. The van der Waals surface area contributed by atoms with Crippen molar-refractivity contribution in [2.45, 2.75) is 32.6 Å². The van der Waals surface area contributed by atoms with E-state index < -0.39 is 10.0 Å². The van der Waals surface area contributed by atoms with Crippen LogP contribution in [0, 0.1) is 0 Å². The van der Waals surface area contributed by atoms with E-state index in [0.29, 0.717) is 11.3 Å². The molecule has 0 aliphatic carbocycles. The third kappa shape index (κ3) is 3.80. The van der Waals surface area contributed by atoms with Crippen LogP contribution < -0.4 is 4.31 Å². The van der Waals surface area contributed by atoms with Gasteiger partial charge in [-0.1, -0.05) is 12.8 Å². The first-order valence-corrected chi connectivity index (χ1v) is 9.42. The number of nitrogens with zero attached hydrogens (tertiary/aromatic N) is 2. The van der Waals surface area contributed by atoms with Gasteiger partial charge in [-0.15, -0.1) is 0 Å². The van der Waals surface area contributed by atoms with Gasteiger partial charge < -0.3 is 4.90 Å². The van der Waals surface area contributed by atoms with E-state index in [9.17, 15) is 13.2 Å². The smallest absolute Gasteiger partial charge is 0.253 e. The molecule has 1 aliphatic rings. The minimum atomic E-state index is -3.27. The van der Waals surface area contributed by atoms with E-state index in [1.54, 1.807) is 31.2 Å². The van der Waals surface area contributed by atoms with Gasteiger partial charge in [0, 0.05) is 25.7 Å². The maximum absolute atomic E-state index is 12.5. The number of hydrogen-bond acceptors (Lipinski definition) is 3. The van der Waals surface area contributed by atoms with E-state index in [0.717, 1.165) is 25.9 Å². The molecule has 1 saturated heterocycles. The Morgan fingerprint density at radius 1 is 1.09 bits per heavy atom. The number of benzene rings is 1. The first-order valence-electron chi connectivity index (χ1n) is 7.81. The summed E-state index contributed by atoms with van der Waals surface area (Å²) in [5.41, 5.74) is 1.20. The summed E-state index contributed by atoms with van der Waals surface area (Å²) in [6, 6.07) is 6.81. The Kier molecular flexibility index (Phi) is 5.45. The number of rotatable bonds is 4. The summed E-state index contributed by atoms with van der Waals surface area (Å²) in [5, 5.41) is 0. The molecule has 2 rings (SSSR count). The predicted octanol–water partition coefficient (Wildman–Crippen LogP) is 2.49. The molecule has 0 spiro atoms. The van der Waals surface area contributed by atoms with E-state index >= 15 is 0 Å². The van der Waals surface area contributed by atoms with Crippen LogP contribution in [0.25, 0.3) is 0 Å². The summed E-state index contributed by atoms with van der Waals surface area (Å²) in [6.07, 6.45) is 4.48. The van der Waals surface area contributed by atoms with E-state index in [-0.39, 0.29) is 11.7 Å². The van der Waals surface area contributed by atoms with Gasteiger partial charge in [-0.2, -0.15) is 0 Å². The summed E-state index contributed by atoms with van der Waals surface area (Å²) < 4.78 is 25.0. The number of carbonyl (C=O) groups is 1. The lowest BCUT2D eigenvalue weighted by Crippen LogP contribution is -2.32. The van der Waals surface area contributed by atoms with Crippen LogP contribution in [-0.4, -0.2) is 45.1 Å². The van der Waals surface area contributed by atoms with Crippen molar-refractivity contribution in [1.82, 2.24) is 4.90 Å². The average molecular weight is 324 g/mol. The molecule has 122 valence electrons. The second kappa shape index (κ2) is 7.13. The third-order valence-electron chi connectivity index (χ3n) is 4.15. The van der Waals surface area contributed by atoms with Gasteiger partial charge in [0.25, 0.3) is 5.91 Å². The zero-order chi connectivity index (χ0) is 16.2. The monoisotopic (exact) mass is 324 g/mol. The molecule has 5 nitrogen and oxygen atoms in total. The lowest BCUT2D eigenvalue weighted by atomic mass is 10.1. The maximum atomic E-state index is 12.5. The zero-order valence-corrected chi connectivity index (χ0v) is 14.1. The van der Waals surface area contributed by atoms with Crippen LogP contribution in [0.2, 0.25) is 0 Å². The topological polar surface area (TPSA) is 57.7 Å². The predicted molar refractivity (Wildman–Crippen MR) is 88.7 cm³/mol. The number of sulfonamides is 1. The minimum Gasteiger partial charge on any atom is -0.339 e. The standard InChI is InChI=1S/C16H24N2O3S/c1-3-22(20,21)17(2)15-10-8-14(9-11-15)16(19)18-12-6-4-5-7-13-18/h8-11H,3-7,12-13H2,1-2H3. The van der Waals surface area contributed by atoms with Crippen molar-refractivity contribution in [1.29, 1.82) is 0 Å². The number of carbonyl (C=O) groups excluding carboxylic acids is 1. The number of amides is 1. The van der Waals surface area contributed by atoms with Crippen molar-refractivity contribution in [3.8, 4) is 0 Å². The molecule has 6 heteroatoms. The van der Waals surface area contributed by atoms with Crippen LogP contribution in [0.4, 0.5) is 5.69 Å². The molecule has 0 radical (unpaired) electrons. The Balaban J connectivity index is 2.12. The van der Waals surface area contributed by atoms with E-state index in [4.69, 9.17) is 0 Å². The van der Waals surface area contributed by atoms with Crippen molar-refractivity contribution in [2.24, 2.45) is 0 Å². The van der Waals surface area contributed by atoms with Crippen LogP contribution in [0.15, 0.2) is 24.3 Å². The molecule has 1 amide bonds. The first-order chi connectivity index (χ1) is 10.5. The van der Waals surface area contributed by atoms with Crippen LogP contribution >= 0.6 is 0 Å². The fourth-order valence-corrected chi connectivity index (χ4v) is 3.45. The molecule has 0 saturated carbocycles. The van der Waals surface area contributed by atoms with Gasteiger partial charge in [0.1, 0.15) is 0 Å². The van der Waals surface area contributed by atoms with Gasteiger partial charge in [-0.05, 0) is 44.0 Å². The highest BCUT2D eigenvalue weighted by Crippen LogP contribution is 2.19. The second-order valence-corrected chi connectivity index (χ2v) is 7.91. The van der Waals surface area contributed by atoms with Crippen molar-refractivity contribution < 1.29 is 13.2 Å². The molecule has 1 aliphatic heterocycles. The first kappa shape index (κ1) is 16.8. The highest BCUT2D eigenvalue weighted by Gasteiger charge is 2.19. The Bertz CT molecular complexity index is 603. The van der Waals surface area contributed by atoms with Gasteiger partial charge in [0.15, 0.2) is 0 Å². The normalized spacial score (nSPS) is 16.2. The van der Waals surface area contributed by atoms with Crippen molar-refractivity contribution in [3.05, 3.63) is 29.8 Å². The summed E-state index contributed by atoms with van der Waals surface area (Å²) in [4.78, 5) is 14.4. The molecule has 1 heterocycles. The summed E-state index contributed by atoms with van der Waals surface area (Å²) in [5.74, 6) is 0.0901. The van der Waals surface area contributed by atoms with Crippen molar-refractivity contribution >= 4 is 21.6 Å². The number of likely N-dealkylation sites (tertiary alicyclic amines) is 1. The second-order valence-electron chi connectivity index (χ2n) is 5.62. The van der Waals surface area contributed by atoms with Gasteiger partial charge in [-0.3, -0.25) is 9.10 Å². The van der Waals surface area contributed by atoms with Crippen LogP contribution in [0.3, 0.4) is 0 Å². The molecule has 1 aromatic carbocycles. The molecular weight excluding hydrogens is 300 g/mol. The summed E-state index contributed by atoms with van der Waals surface area (Å²) in [6.45, 7) is 3.23. The minimum absolute atomic E-state index is 0.0365. The Hall–Kier alpha value is -1.56. The van der Waals surface area contributed by atoms with Gasteiger partial charge in [-0.25, -0.2) is 8.42 Å². The van der Waals surface area contributed by atoms with Crippen molar-refractivity contribution in [2.75, 3.05) is 30.2 Å². The number of hydrogen-bond donors (Lipinski definition) is 0. The quantitative estimate of drug-likeness (QED) is 0.855. The Morgan fingerprint density at radius 3 is 2.14 bits per heavy atom. The third-order valence-corrected chi connectivity index (χ3v) is 5.93. The molecule has 0 bridgehead atoms. The Morgan fingerprint density at radius 2 is 1.64 bits per heavy atom.